The molecule has 1 aliphatic rings. The molecule has 98 valence electrons. The van der Waals surface area contributed by atoms with Gasteiger partial charge in [-0.3, -0.25) is 9.69 Å². The Hall–Kier alpha value is -1.36. The second-order valence-electron chi connectivity index (χ2n) is 4.55. The van der Waals surface area contributed by atoms with E-state index in [1.807, 2.05) is 30.3 Å². The van der Waals surface area contributed by atoms with E-state index in [1.54, 1.807) is 4.90 Å². The second kappa shape index (κ2) is 5.10. The van der Waals surface area contributed by atoms with E-state index in [1.165, 1.54) is 0 Å². The molecule has 0 saturated carbocycles. The maximum atomic E-state index is 12.5. The van der Waals surface area contributed by atoms with Gasteiger partial charge in [-0.05, 0) is 18.5 Å². The molecule has 1 aromatic carbocycles. The van der Waals surface area contributed by atoms with Crippen molar-refractivity contribution >= 4 is 5.78 Å². The maximum absolute atomic E-state index is 12.5. The Kier molecular flexibility index (Phi) is 3.71. The van der Waals surface area contributed by atoms with Crippen molar-refractivity contribution < 1.29 is 18.0 Å². The highest BCUT2D eigenvalue weighted by Gasteiger charge is 2.46. The summed E-state index contributed by atoms with van der Waals surface area (Å²) in [5.74, 6) is -2.49. The van der Waals surface area contributed by atoms with Gasteiger partial charge in [-0.25, -0.2) is 0 Å². The fourth-order valence-corrected chi connectivity index (χ4v) is 2.21. The number of nitrogens with zero attached hydrogens (tertiary/aromatic N) is 1. The van der Waals surface area contributed by atoms with Gasteiger partial charge >= 0.3 is 6.18 Å². The molecule has 1 unspecified atom stereocenters. The third-order valence-corrected chi connectivity index (χ3v) is 3.15. The third-order valence-electron chi connectivity index (χ3n) is 3.15. The molecule has 2 rings (SSSR count). The summed E-state index contributed by atoms with van der Waals surface area (Å²) in [5.41, 5.74) is 1.01. The highest BCUT2D eigenvalue weighted by Crippen LogP contribution is 2.32. The molecule has 2 nitrogen and oxygen atoms in total. The Morgan fingerprint density at radius 2 is 1.89 bits per heavy atom. The van der Waals surface area contributed by atoms with Gasteiger partial charge in [0.25, 0.3) is 0 Å². The van der Waals surface area contributed by atoms with Crippen LogP contribution in [-0.4, -0.2) is 29.9 Å². The van der Waals surface area contributed by atoms with Crippen LogP contribution in [0.1, 0.15) is 12.0 Å². The number of alkyl halides is 3. The molecule has 0 amide bonds. The van der Waals surface area contributed by atoms with Crippen molar-refractivity contribution in [1.82, 2.24) is 4.90 Å². The normalized spacial score (nSPS) is 22.2. The van der Waals surface area contributed by atoms with Crippen molar-refractivity contribution in [1.29, 1.82) is 0 Å². The fourth-order valence-electron chi connectivity index (χ4n) is 2.21. The van der Waals surface area contributed by atoms with E-state index < -0.39 is 17.9 Å². The van der Waals surface area contributed by atoms with Crippen LogP contribution < -0.4 is 0 Å². The average molecular weight is 257 g/mol. The Morgan fingerprint density at radius 3 is 2.44 bits per heavy atom. The van der Waals surface area contributed by atoms with Crippen LogP contribution >= 0.6 is 0 Å². The zero-order valence-corrected chi connectivity index (χ0v) is 9.78. The number of benzene rings is 1. The molecule has 0 aliphatic carbocycles. The Balaban J connectivity index is 1.95. The van der Waals surface area contributed by atoms with E-state index in [2.05, 4.69) is 0 Å². The summed E-state index contributed by atoms with van der Waals surface area (Å²) >= 11 is 0. The third kappa shape index (κ3) is 3.10. The Morgan fingerprint density at radius 1 is 1.22 bits per heavy atom. The first kappa shape index (κ1) is 13.1. The van der Waals surface area contributed by atoms with Gasteiger partial charge in [-0.2, -0.15) is 13.2 Å². The quantitative estimate of drug-likeness (QED) is 0.811. The number of carbonyl (C=O) groups excluding carboxylic acids is 1. The first-order valence-corrected chi connectivity index (χ1v) is 5.82. The van der Waals surface area contributed by atoms with Crippen LogP contribution in [-0.2, 0) is 11.3 Å². The van der Waals surface area contributed by atoms with Crippen molar-refractivity contribution in [3.05, 3.63) is 35.9 Å². The number of piperidine rings is 1. The molecule has 0 radical (unpaired) electrons. The number of halogens is 3. The molecule has 1 heterocycles. The van der Waals surface area contributed by atoms with Crippen LogP contribution in [0.15, 0.2) is 30.3 Å². The number of ketones is 1. The lowest BCUT2D eigenvalue weighted by molar-refractivity contribution is -0.188. The molecular formula is C13H14F3NO. The summed E-state index contributed by atoms with van der Waals surface area (Å²) in [6.07, 6.45) is -4.52. The molecule has 0 N–H and O–H groups in total. The predicted molar refractivity (Wildman–Crippen MR) is 60.9 cm³/mol. The molecule has 1 aromatic rings. The average Bonchev–Trinajstić information content (AvgIpc) is 2.28. The number of likely N-dealkylation sites (tertiary alicyclic amines) is 1. The van der Waals surface area contributed by atoms with Crippen molar-refractivity contribution in [2.75, 3.05) is 13.1 Å². The van der Waals surface area contributed by atoms with Crippen molar-refractivity contribution in [3.63, 3.8) is 0 Å². The van der Waals surface area contributed by atoms with Gasteiger partial charge in [0, 0.05) is 6.54 Å². The highest BCUT2D eigenvalue weighted by molar-refractivity contribution is 5.84. The first-order chi connectivity index (χ1) is 8.47. The van der Waals surface area contributed by atoms with E-state index in [0.717, 1.165) is 5.56 Å². The van der Waals surface area contributed by atoms with E-state index in [0.29, 0.717) is 13.1 Å². The number of hydrogen-bond donors (Lipinski definition) is 0. The lowest BCUT2D eigenvalue weighted by atomic mass is 9.94. The van der Waals surface area contributed by atoms with Crippen molar-refractivity contribution in [2.45, 2.75) is 19.1 Å². The van der Waals surface area contributed by atoms with Crippen LogP contribution in [0.5, 0.6) is 0 Å². The van der Waals surface area contributed by atoms with E-state index >= 15 is 0 Å². The van der Waals surface area contributed by atoms with Gasteiger partial charge in [0.15, 0.2) is 5.78 Å². The Bertz CT molecular complexity index is 416. The molecule has 18 heavy (non-hydrogen) atoms. The van der Waals surface area contributed by atoms with Crippen molar-refractivity contribution in [2.24, 2.45) is 5.92 Å². The largest absolute Gasteiger partial charge is 0.398 e. The number of carbonyl (C=O) groups is 1. The minimum atomic E-state index is -4.39. The molecular weight excluding hydrogens is 243 g/mol. The summed E-state index contributed by atoms with van der Waals surface area (Å²) in [6, 6.07) is 9.43. The van der Waals surface area contributed by atoms with Gasteiger partial charge < -0.3 is 0 Å². The second-order valence-corrected chi connectivity index (χ2v) is 4.55. The van der Waals surface area contributed by atoms with Crippen LogP contribution in [0.2, 0.25) is 0 Å². The van der Waals surface area contributed by atoms with Crippen LogP contribution in [0.3, 0.4) is 0 Å². The van der Waals surface area contributed by atoms with Gasteiger partial charge in [-0.1, -0.05) is 30.3 Å². The number of rotatable bonds is 2. The fraction of sp³-hybridized carbons (Fsp3) is 0.462. The summed E-state index contributed by atoms with van der Waals surface area (Å²) in [7, 11) is 0. The molecule has 1 saturated heterocycles. The Labute approximate surface area is 103 Å². The van der Waals surface area contributed by atoms with Crippen molar-refractivity contribution in [3.8, 4) is 0 Å². The molecule has 0 bridgehead atoms. The zero-order chi connectivity index (χ0) is 13.2. The van der Waals surface area contributed by atoms with Crippen LogP contribution in [0.25, 0.3) is 0 Å². The molecule has 1 aliphatic heterocycles. The van der Waals surface area contributed by atoms with Crippen LogP contribution in [0, 0.1) is 5.92 Å². The topological polar surface area (TPSA) is 20.3 Å². The van der Waals surface area contributed by atoms with E-state index in [4.69, 9.17) is 0 Å². The summed E-state index contributed by atoms with van der Waals surface area (Å²) < 4.78 is 37.5. The molecule has 0 spiro atoms. The van der Waals surface area contributed by atoms with Gasteiger partial charge in [0.1, 0.15) is 5.92 Å². The molecule has 1 atom stereocenters. The monoisotopic (exact) mass is 257 g/mol. The molecule has 0 aromatic heterocycles. The predicted octanol–water partition coefficient (Wildman–Crippen LogP) is 2.64. The van der Waals surface area contributed by atoms with Gasteiger partial charge in [-0.15, -0.1) is 0 Å². The van der Waals surface area contributed by atoms with Gasteiger partial charge in [0.2, 0.25) is 0 Å². The maximum Gasteiger partial charge on any atom is 0.398 e. The standard InChI is InChI=1S/C13H14F3NO/c14-13(15,16)11-6-7-17(9-12(11)18)8-10-4-2-1-3-5-10/h1-5,11H,6-9H2. The SMILES string of the molecule is O=C1CN(Cc2ccccc2)CCC1C(F)(F)F. The van der Waals surface area contributed by atoms with E-state index in [9.17, 15) is 18.0 Å². The minimum Gasteiger partial charge on any atom is -0.298 e. The van der Waals surface area contributed by atoms with Crippen LogP contribution in [0.4, 0.5) is 13.2 Å². The summed E-state index contributed by atoms with van der Waals surface area (Å²) in [4.78, 5) is 13.2. The molecule has 1 fully saturated rings. The van der Waals surface area contributed by atoms with Gasteiger partial charge in [0.05, 0.1) is 6.54 Å². The number of hydrogen-bond acceptors (Lipinski definition) is 2. The zero-order valence-electron chi connectivity index (χ0n) is 9.78. The highest BCUT2D eigenvalue weighted by atomic mass is 19.4. The summed E-state index contributed by atoms with van der Waals surface area (Å²) in [6.45, 7) is 0.723. The lowest BCUT2D eigenvalue weighted by Gasteiger charge is -2.31. The number of Topliss-reactive ketones (excluding diaryl/α,β-unsaturated/α-hetero) is 1. The minimum absolute atomic E-state index is 0.112. The summed E-state index contributed by atoms with van der Waals surface area (Å²) in [5, 5.41) is 0. The van der Waals surface area contributed by atoms with E-state index in [-0.39, 0.29) is 13.0 Å². The lowest BCUT2D eigenvalue weighted by Crippen LogP contribution is -2.45. The molecule has 5 heteroatoms. The first-order valence-electron chi connectivity index (χ1n) is 5.82. The smallest absolute Gasteiger partial charge is 0.298 e.